The first-order valence-electron chi connectivity index (χ1n) is 11.8. The maximum Gasteiger partial charge on any atom is 0.311 e. The van der Waals surface area contributed by atoms with Crippen molar-refractivity contribution in [2.24, 2.45) is 0 Å². The fraction of sp³-hybridized carbons (Fsp3) is 0.0345. The summed E-state index contributed by atoms with van der Waals surface area (Å²) in [5.74, 6) is -1.60. The molecule has 1 aromatic heterocycles. The molecule has 0 bridgehead atoms. The summed E-state index contributed by atoms with van der Waals surface area (Å²) < 4.78 is 11.4. The van der Waals surface area contributed by atoms with Crippen molar-refractivity contribution < 1.29 is 28.8 Å². The Bertz CT molecular complexity index is 1710. The van der Waals surface area contributed by atoms with E-state index >= 15 is 0 Å². The van der Waals surface area contributed by atoms with E-state index in [0.717, 1.165) is 28.5 Å². The molecule has 0 radical (unpaired) electrons. The first kappa shape index (κ1) is 25.0. The third-order valence-corrected chi connectivity index (χ3v) is 6.01. The van der Waals surface area contributed by atoms with Crippen molar-refractivity contribution in [2.45, 2.75) is 6.61 Å². The van der Waals surface area contributed by atoms with E-state index in [9.17, 15) is 24.8 Å². The molecule has 5 rings (SSSR count). The van der Waals surface area contributed by atoms with Crippen molar-refractivity contribution in [3.8, 4) is 22.6 Å². The van der Waals surface area contributed by atoms with Crippen LogP contribution in [0.25, 0.3) is 21.9 Å². The normalized spacial score (nSPS) is 10.7. The highest BCUT2D eigenvalue weighted by atomic mass is 16.6. The second-order valence-corrected chi connectivity index (χ2v) is 8.49. The fourth-order valence-corrected chi connectivity index (χ4v) is 4.10. The van der Waals surface area contributed by atoms with E-state index in [1.54, 1.807) is 24.3 Å². The summed E-state index contributed by atoms with van der Waals surface area (Å²) in [7, 11) is 0. The average molecular weight is 524 g/mol. The van der Waals surface area contributed by atoms with Crippen molar-refractivity contribution in [2.75, 3.05) is 0 Å². The maximum atomic E-state index is 12.8. The molecule has 0 aliphatic carbocycles. The zero-order valence-corrected chi connectivity index (χ0v) is 20.3. The molecule has 1 heterocycles. The second-order valence-electron chi connectivity index (χ2n) is 8.49. The predicted molar refractivity (Wildman–Crippen MR) is 142 cm³/mol. The van der Waals surface area contributed by atoms with Crippen LogP contribution in [0.3, 0.4) is 0 Å². The minimum atomic E-state index is -0.820. The van der Waals surface area contributed by atoms with Gasteiger partial charge in [0.05, 0.1) is 11.2 Å². The lowest BCUT2D eigenvalue weighted by molar-refractivity contribution is -0.385. The van der Waals surface area contributed by atoms with Gasteiger partial charge in [-0.1, -0.05) is 54.6 Å². The summed E-state index contributed by atoms with van der Waals surface area (Å²) in [6.07, 6.45) is 1.35. The van der Waals surface area contributed by atoms with Crippen molar-refractivity contribution in [1.29, 1.82) is 0 Å². The molecule has 0 atom stereocenters. The van der Waals surface area contributed by atoms with Crippen molar-refractivity contribution in [1.82, 2.24) is 10.9 Å². The van der Waals surface area contributed by atoms with Crippen LogP contribution in [0.2, 0.25) is 0 Å². The number of nitrogens with one attached hydrogen (secondary N) is 2. The smallest absolute Gasteiger partial charge is 0.311 e. The van der Waals surface area contributed by atoms with Crippen LogP contribution in [0.1, 0.15) is 26.5 Å². The van der Waals surface area contributed by atoms with Gasteiger partial charge in [0.1, 0.15) is 12.4 Å². The molecular formula is C29H21N3O7. The van der Waals surface area contributed by atoms with E-state index in [0.29, 0.717) is 23.5 Å². The van der Waals surface area contributed by atoms with Gasteiger partial charge in [0, 0.05) is 17.2 Å². The summed E-state index contributed by atoms with van der Waals surface area (Å²) in [6, 6.07) is 26.0. The van der Waals surface area contributed by atoms with Gasteiger partial charge in [0.15, 0.2) is 5.75 Å². The van der Waals surface area contributed by atoms with Crippen LogP contribution in [-0.4, -0.2) is 21.8 Å². The van der Waals surface area contributed by atoms with Crippen LogP contribution in [0.5, 0.6) is 11.5 Å². The quantitative estimate of drug-likeness (QED) is 0.192. The lowest BCUT2D eigenvalue weighted by atomic mass is 10.0. The van der Waals surface area contributed by atoms with Gasteiger partial charge in [-0.15, -0.1) is 0 Å². The number of rotatable bonds is 7. The van der Waals surface area contributed by atoms with E-state index in [1.807, 2.05) is 48.5 Å². The lowest BCUT2D eigenvalue weighted by Gasteiger charge is -2.11. The highest BCUT2D eigenvalue weighted by molar-refractivity contribution is 6.01. The largest absolute Gasteiger partial charge is 0.502 e. The highest BCUT2D eigenvalue weighted by Crippen LogP contribution is 2.29. The molecule has 3 N–H and O–H groups in total. The SMILES string of the molecule is O=C(NNC(=O)c1occc1-c1cccc(OCc2cccc3ccccc23)c1)c1ccc(O)c([N+](=O)[O-])c1. The number of furan rings is 1. The molecule has 39 heavy (non-hydrogen) atoms. The number of fused-ring (bicyclic) bond motifs is 1. The zero-order chi connectivity index (χ0) is 27.4. The molecule has 10 nitrogen and oxygen atoms in total. The summed E-state index contributed by atoms with van der Waals surface area (Å²) in [4.78, 5) is 35.4. The summed E-state index contributed by atoms with van der Waals surface area (Å²) in [6.45, 7) is 0.352. The number of amides is 2. The first-order chi connectivity index (χ1) is 18.9. The molecule has 2 amide bonds. The van der Waals surface area contributed by atoms with Crippen molar-refractivity contribution >= 4 is 28.3 Å². The minimum absolute atomic E-state index is 0.0572. The third kappa shape index (κ3) is 5.39. The number of hydrogen-bond acceptors (Lipinski definition) is 7. The van der Waals surface area contributed by atoms with Gasteiger partial charge in [-0.25, -0.2) is 0 Å². The Labute approximate surface area is 221 Å². The number of hydrazine groups is 1. The first-order valence-corrected chi connectivity index (χ1v) is 11.8. The second kappa shape index (κ2) is 10.8. The molecule has 0 saturated carbocycles. The van der Waals surface area contributed by atoms with Crippen molar-refractivity contribution in [3.05, 3.63) is 124 Å². The van der Waals surface area contributed by atoms with Crippen LogP contribution in [0, 0.1) is 10.1 Å². The third-order valence-electron chi connectivity index (χ3n) is 6.01. The summed E-state index contributed by atoms with van der Waals surface area (Å²) >= 11 is 0. The number of nitro groups is 1. The van der Waals surface area contributed by atoms with Gasteiger partial charge in [-0.2, -0.15) is 0 Å². The van der Waals surface area contributed by atoms with Gasteiger partial charge < -0.3 is 14.3 Å². The number of nitrogens with zero attached hydrogens (tertiary/aromatic N) is 1. The molecule has 5 aromatic rings. The number of carbonyl (C=O) groups is 2. The fourth-order valence-electron chi connectivity index (χ4n) is 4.10. The van der Waals surface area contributed by atoms with E-state index in [2.05, 4.69) is 10.9 Å². The van der Waals surface area contributed by atoms with Crippen LogP contribution < -0.4 is 15.6 Å². The van der Waals surface area contributed by atoms with E-state index < -0.39 is 28.2 Å². The molecule has 4 aromatic carbocycles. The number of ether oxygens (including phenoxy) is 1. The van der Waals surface area contributed by atoms with Gasteiger partial charge in [-0.05, 0) is 52.2 Å². The van der Waals surface area contributed by atoms with Crippen molar-refractivity contribution in [3.63, 3.8) is 0 Å². The minimum Gasteiger partial charge on any atom is -0.502 e. The number of phenols is 1. The number of aromatic hydroxyl groups is 1. The Morgan fingerprint density at radius 2 is 1.67 bits per heavy atom. The monoisotopic (exact) mass is 523 g/mol. The Hall–Kier alpha value is -5.64. The van der Waals surface area contributed by atoms with E-state index in [1.165, 1.54) is 12.3 Å². The Morgan fingerprint density at radius 1 is 0.897 bits per heavy atom. The summed E-state index contributed by atoms with van der Waals surface area (Å²) in [5.41, 5.74) is 5.83. The Balaban J connectivity index is 1.27. The number of nitro benzene ring substituents is 1. The molecule has 0 aliphatic heterocycles. The van der Waals surface area contributed by atoms with E-state index in [4.69, 9.17) is 9.15 Å². The Morgan fingerprint density at radius 3 is 2.51 bits per heavy atom. The molecule has 0 fully saturated rings. The number of carbonyl (C=O) groups excluding carboxylic acids is 2. The van der Waals surface area contributed by atoms with Gasteiger partial charge in [-0.3, -0.25) is 30.6 Å². The van der Waals surface area contributed by atoms with Gasteiger partial charge >= 0.3 is 11.6 Å². The molecule has 10 heteroatoms. The number of hydrogen-bond donors (Lipinski definition) is 3. The van der Waals surface area contributed by atoms with Gasteiger partial charge in [0.2, 0.25) is 5.76 Å². The molecular weight excluding hydrogens is 502 g/mol. The summed E-state index contributed by atoms with van der Waals surface area (Å²) in [5, 5.41) is 22.8. The average Bonchev–Trinajstić information content (AvgIpc) is 3.45. The molecule has 194 valence electrons. The molecule has 0 saturated heterocycles. The zero-order valence-electron chi connectivity index (χ0n) is 20.3. The predicted octanol–water partition coefficient (Wildman–Crippen LogP) is 5.37. The van der Waals surface area contributed by atoms with Crippen LogP contribution >= 0.6 is 0 Å². The Kier molecular flexibility index (Phi) is 6.91. The van der Waals surface area contributed by atoms with Crippen LogP contribution in [-0.2, 0) is 6.61 Å². The molecule has 0 spiro atoms. The number of benzene rings is 4. The standard InChI is InChI=1S/C29H21N3O7/c33-26-12-11-20(16-25(26)32(36)37)28(34)30-31-29(35)27-24(13-14-38-27)19-7-4-9-22(15-19)39-17-21-8-3-6-18-5-1-2-10-23(18)21/h1-16,33H,17H2,(H,30,34)(H,31,35). The maximum absolute atomic E-state index is 12.8. The number of phenolic OH excluding ortho intramolecular Hbond substituents is 1. The van der Waals surface area contributed by atoms with E-state index in [-0.39, 0.29) is 11.3 Å². The van der Waals surface area contributed by atoms with Crippen LogP contribution in [0.15, 0.2) is 102 Å². The lowest BCUT2D eigenvalue weighted by Crippen LogP contribution is -2.41. The molecule has 0 aliphatic rings. The molecule has 0 unspecified atom stereocenters. The van der Waals surface area contributed by atoms with Gasteiger partial charge in [0.25, 0.3) is 5.91 Å². The van der Waals surface area contributed by atoms with Crippen LogP contribution in [0.4, 0.5) is 5.69 Å². The topological polar surface area (TPSA) is 144 Å². The highest BCUT2D eigenvalue weighted by Gasteiger charge is 2.20.